The van der Waals surface area contributed by atoms with E-state index in [1.54, 1.807) is 0 Å². The molecule has 3 heteroatoms. The molecule has 3 atom stereocenters. The highest BCUT2D eigenvalue weighted by atomic mass is 35.5. The molecular weight excluding hydrogens is 311 g/mol. The van der Waals surface area contributed by atoms with Gasteiger partial charge < -0.3 is 0 Å². The van der Waals surface area contributed by atoms with E-state index < -0.39 is 0 Å². The van der Waals surface area contributed by atoms with Crippen LogP contribution in [0.15, 0.2) is 18.2 Å². The molecule has 0 heterocycles. The first kappa shape index (κ1) is 16.5. The van der Waals surface area contributed by atoms with E-state index in [9.17, 15) is 0 Å². The minimum Gasteiger partial charge on any atom is -0.123 e. The van der Waals surface area contributed by atoms with Crippen LogP contribution in [-0.4, -0.2) is 5.38 Å². The van der Waals surface area contributed by atoms with E-state index >= 15 is 0 Å². The van der Waals surface area contributed by atoms with Crippen LogP contribution in [0.25, 0.3) is 0 Å². The molecule has 1 aliphatic carbocycles. The number of rotatable bonds is 3. The van der Waals surface area contributed by atoms with Crippen LogP contribution in [0.4, 0.5) is 0 Å². The van der Waals surface area contributed by atoms with E-state index in [0.29, 0.717) is 16.0 Å². The fourth-order valence-corrected chi connectivity index (χ4v) is 4.59. The molecule has 0 spiro atoms. The van der Waals surface area contributed by atoms with Gasteiger partial charge in [0.05, 0.1) is 10.0 Å². The summed E-state index contributed by atoms with van der Waals surface area (Å²) in [5, 5.41) is 1.55. The summed E-state index contributed by atoms with van der Waals surface area (Å²) in [7, 11) is 0. The summed E-state index contributed by atoms with van der Waals surface area (Å²) in [4.78, 5) is 0. The molecule has 0 nitrogen and oxygen atoms in total. The predicted octanol–water partition coefficient (Wildman–Crippen LogP) is 6.61. The molecule has 0 radical (unpaired) electrons. The van der Waals surface area contributed by atoms with Crippen LogP contribution in [0.5, 0.6) is 0 Å². The van der Waals surface area contributed by atoms with Crippen molar-refractivity contribution in [2.75, 3.05) is 0 Å². The fourth-order valence-electron chi connectivity index (χ4n) is 3.50. The van der Waals surface area contributed by atoms with Crippen LogP contribution in [0.3, 0.4) is 0 Å². The molecule has 0 bridgehead atoms. The third-order valence-electron chi connectivity index (χ3n) is 4.68. The van der Waals surface area contributed by atoms with Crippen molar-refractivity contribution in [3.05, 3.63) is 33.8 Å². The molecule has 0 saturated heterocycles. The minimum absolute atomic E-state index is 0.184. The quantitative estimate of drug-likeness (QED) is 0.546. The van der Waals surface area contributed by atoms with Crippen molar-refractivity contribution in [1.29, 1.82) is 0 Å². The molecule has 1 aromatic carbocycles. The highest BCUT2D eigenvalue weighted by Crippen LogP contribution is 2.44. The smallest absolute Gasteiger partial charge is 0.0595 e. The summed E-state index contributed by atoms with van der Waals surface area (Å²) in [6, 6.07) is 5.95. The highest BCUT2D eigenvalue weighted by Gasteiger charge is 2.38. The SMILES string of the molecule is CC1CCC(C(C)(C)Cc2ccc(Cl)c(Cl)c2)C(Cl)C1. The van der Waals surface area contributed by atoms with Crippen LogP contribution in [0.1, 0.15) is 45.6 Å². The normalized spacial score (nSPS) is 27.6. The standard InChI is InChI=1S/C17H23Cl3/c1-11-4-6-13(15(19)8-11)17(2,3)10-12-5-7-14(18)16(20)9-12/h5,7,9,11,13,15H,4,6,8,10H2,1-3H3. The Balaban J connectivity index is 2.11. The van der Waals surface area contributed by atoms with Gasteiger partial charge >= 0.3 is 0 Å². The first-order valence-electron chi connectivity index (χ1n) is 7.37. The summed E-state index contributed by atoms with van der Waals surface area (Å²) >= 11 is 18.7. The van der Waals surface area contributed by atoms with Gasteiger partial charge in [-0.25, -0.2) is 0 Å². The highest BCUT2D eigenvalue weighted by molar-refractivity contribution is 6.42. The zero-order valence-electron chi connectivity index (χ0n) is 12.4. The van der Waals surface area contributed by atoms with Gasteiger partial charge in [0.25, 0.3) is 0 Å². The Bertz CT molecular complexity index is 467. The predicted molar refractivity (Wildman–Crippen MR) is 90.1 cm³/mol. The average Bonchev–Trinajstić information content (AvgIpc) is 2.33. The summed E-state index contributed by atoms with van der Waals surface area (Å²) < 4.78 is 0. The third-order valence-corrected chi connectivity index (χ3v) is 5.90. The molecule has 20 heavy (non-hydrogen) atoms. The topological polar surface area (TPSA) is 0 Å². The monoisotopic (exact) mass is 332 g/mol. The molecule has 0 amide bonds. The first-order chi connectivity index (χ1) is 9.29. The van der Waals surface area contributed by atoms with Crippen molar-refractivity contribution in [1.82, 2.24) is 0 Å². The van der Waals surface area contributed by atoms with Crippen LogP contribution < -0.4 is 0 Å². The number of alkyl halides is 1. The molecule has 2 rings (SSSR count). The van der Waals surface area contributed by atoms with Crippen molar-refractivity contribution in [3.63, 3.8) is 0 Å². The lowest BCUT2D eigenvalue weighted by Crippen LogP contribution is -2.37. The Kier molecular flexibility index (Phi) is 5.32. The summed E-state index contributed by atoms with van der Waals surface area (Å²) in [6.07, 6.45) is 4.64. The van der Waals surface area contributed by atoms with Crippen molar-refractivity contribution in [3.8, 4) is 0 Å². The van der Waals surface area contributed by atoms with E-state index in [2.05, 4.69) is 26.8 Å². The van der Waals surface area contributed by atoms with Gasteiger partial charge in [-0.05, 0) is 54.2 Å². The second-order valence-electron chi connectivity index (χ2n) is 6.95. The maximum absolute atomic E-state index is 6.64. The van der Waals surface area contributed by atoms with E-state index in [4.69, 9.17) is 34.8 Å². The van der Waals surface area contributed by atoms with Crippen LogP contribution in [0.2, 0.25) is 10.0 Å². The largest absolute Gasteiger partial charge is 0.123 e. The van der Waals surface area contributed by atoms with E-state index in [1.807, 2.05) is 12.1 Å². The van der Waals surface area contributed by atoms with Gasteiger partial charge in [-0.3, -0.25) is 0 Å². The van der Waals surface area contributed by atoms with Gasteiger partial charge in [0.2, 0.25) is 0 Å². The molecule has 0 aromatic heterocycles. The van der Waals surface area contributed by atoms with Crippen molar-refractivity contribution < 1.29 is 0 Å². The van der Waals surface area contributed by atoms with Gasteiger partial charge in [0, 0.05) is 5.38 Å². The zero-order chi connectivity index (χ0) is 14.9. The lowest BCUT2D eigenvalue weighted by molar-refractivity contribution is 0.142. The van der Waals surface area contributed by atoms with Gasteiger partial charge in [0.1, 0.15) is 0 Å². The van der Waals surface area contributed by atoms with E-state index in [0.717, 1.165) is 18.8 Å². The van der Waals surface area contributed by atoms with Crippen LogP contribution >= 0.6 is 34.8 Å². The molecule has 1 saturated carbocycles. The minimum atomic E-state index is 0.184. The Morgan fingerprint density at radius 2 is 1.85 bits per heavy atom. The van der Waals surface area contributed by atoms with Gasteiger partial charge in [-0.1, -0.05) is 56.5 Å². The number of hydrogen-bond acceptors (Lipinski definition) is 0. The Morgan fingerprint density at radius 3 is 2.45 bits per heavy atom. The Morgan fingerprint density at radius 1 is 1.15 bits per heavy atom. The van der Waals surface area contributed by atoms with Crippen LogP contribution in [-0.2, 0) is 6.42 Å². The maximum Gasteiger partial charge on any atom is 0.0595 e. The molecular formula is C17H23Cl3. The summed E-state index contributed by atoms with van der Waals surface area (Å²) in [5.74, 6) is 1.32. The number of benzene rings is 1. The summed E-state index contributed by atoms with van der Waals surface area (Å²) in [5.41, 5.74) is 1.43. The molecule has 3 unspecified atom stereocenters. The molecule has 1 aromatic rings. The average molecular weight is 334 g/mol. The van der Waals surface area contributed by atoms with Gasteiger partial charge in [0.15, 0.2) is 0 Å². The fraction of sp³-hybridized carbons (Fsp3) is 0.647. The van der Waals surface area contributed by atoms with Crippen molar-refractivity contribution in [2.24, 2.45) is 17.3 Å². The lowest BCUT2D eigenvalue weighted by Gasteiger charge is -2.42. The molecule has 0 aliphatic heterocycles. The third kappa shape index (κ3) is 3.84. The van der Waals surface area contributed by atoms with Gasteiger partial charge in [-0.15, -0.1) is 11.6 Å². The second-order valence-corrected chi connectivity index (χ2v) is 8.33. The zero-order valence-corrected chi connectivity index (χ0v) is 14.7. The van der Waals surface area contributed by atoms with Crippen molar-refractivity contribution in [2.45, 2.75) is 51.8 Å². The van der Waals surface area contributed by atoms with Crippen LogP contribution in [0, 0.1) is 17.3 Å². The van der Waals surface area contributed by atoms with Crippen molar-refractivity contribution >= 4 is 34.8 Å². The Hall–Kier alpha value is 0.0900. The molecule has 1 aliphatic rings. The van der Waals surface area contributed by atoms with E-state index in [-0.39, 0.29) is 10.8 Å². The number of halogens is 3. The van der Waals surface area contributed by atoms with E-state index in [1.165, 1.54) is 18.4 Å². The Labute approximate surface area is 137 Å². The molecule has 0 N–H and O–H groups in total. The summed E-state index contributed by atoms with van der Waals surface area (Å²) in [6.45, 7) is 6.95. The number of hydrogen-bond donors (Lipinski definition) is 0. The molecule has 1 fully saturated rings. The first-order valence-corrected chi connectivity index (χ1v) is 8.57. The molecule has 112 valence electrons. The second kappa shape index (κ2) is 6.46. The maximum atomic E-state index is 6.64. The lowest BCUT2D eigenvalue weighted by atomic mass is 9.66. The van der Waals surface area contributed by atoms with Gasteiger partial charge in [-0.2, -0.15) is 0 Å².